The molecule has 0 spiro atoms. The summed E-state index contributed by atoms with van der Waals surface area (Å²) in [6, 6.07) is 0. The van der Waals surface area contributed by atoms with Crippen LogP contribution in [0.25, 0.3) is 4.13 Å². The zero-order chi connectivity index (χ0) is 12.0. The zero-order valence-electron chi connectivity index (χ0n) is 9.05. The molecule has 0 aromatic rings. The molecule has 88 valence electrons. The summed E-state index contributed by atoms with van der Waals surface area (Å²) in [5.74, 6) is -0.734. The third-order valence-electron chi connectivity index (χ3n) is 2.04. The van der Waals surface area contributed by atoms with Gasteiger partial charge in [-0.1, -0.05) is 27.7 Å². The Kier molecular flexibility index (Phi) is 3.01. The van der Waals surface area contributed by atoms with Gasteiger partial charge in [0.15, 0.2) is 0 Å². The van der Waals surface area contributed by atoms with Crippen LogP contribution in [0.5, 0.6) is 0 Å². The van der Waals surface area contributed by atoms with E-state index in [0.717, 1.165) is 0 Å². The van der Waals surface area contributed by atoms with E-state index in [0.29, 0.717) is 0 Å². The maximum Gasteiger partial charge on any atom is 0.109 e. The van der Waals surface area contributed by atoms with Gasteiger partial charge in [-0.2, -0.15) is 0 Å². The summed E-state index contributed by atoms with van der Waals surface area (Å²) in [6.45, 7) is 6.58. The third kappa shape index (κ3) is 2.09. The summed E-state index contributed by atoms with van der Waals surface area (Å²) in [5.41, 5.74) is 0. The maximum absolute atomic E-state index is 11.5. The van der Waals surface area contributed by atoms with E-state index < -0.39 is 20.0 Å². The summed E-state index contributed by atoms with van der Waals surface area (Å²) in [7, 11) is -7.94. The van der Waals surface area contributed by atoms with E-state index in [1.165, 1.54) is 0 Å². The lowest BCUT2D eigenvalue weighted by Crippen LogP contribution is -2.07. The first-order valence-electron chi connectivity index (χ1n) is 4.58. The predicted molar refractivity (Wildman–Crippen MR) is 57.9 cm³/mol. The summed E-state index contributed by atoms with van der Waals surface area (Å²) >= 11 is 0. The monoisotopic (exact) mass is 252 g/mol. The van der Waals surface area contributed by atoms with Crippen LogP contribution in [0.3, 0.4) is 0 Å². The summed E-state index contributed by atoms with van der Waals surface area (Å²) in [4.78, 5) is -0.116. The summed E-state index contributed by atoms with van der Waals surface area (Å²) in [6.07, 6.45) is 0. The predicted octanol–water partition coefficient (Wildman–Crippen LogP) is 1.56. The SMILES string of the molecule is CC(C)C1=C(C(C)C)S(=O)(=O)[N-]S1(=O)=O. The Morgan fingerprint density at radius 2 is 1.07 bits per heavy atom. The van der Waals surface area contributed by atoms with Crippen LogP contribution in [0.1, 0.15) is 27.7 Å². The van der Waals surface area contributed by atoms with Gasteiger partial charge in [0.2, 0.25) is 0 Å². The fourth-order valence-corrected chi connectivity index (χ4v) is 6.11. The van der Waals surface area contributed by atoms with Crippen molar-refractivity contribution in [3.05, 3.63) is 13.9 Å². The van der Waals surface area contributed by atoms with Gasteiger partial charge in [-0.3, -0.25) is 0 Å². The van der Waals surface area contributed by atoms with Crippen LogP contribution >= 0.6 is 0 Å². The molecule has 0 aromatic heterocycles. The first kappa shape index (κ1) is 12.7. The van der Waals surface area contributed by atoms with E-state index in [1.54, 1.807) is 27.7 Å². The summed E-state index contributed by atoms with van der Waals surface area (Å²) < 4.78 is 49.0. The highest BCUT2D eigenvalue weighted by molar-refractivity contribution is 8.18. The Labute approximate surface area is 90.7 Å². The van der Waals surface area contributed by atoms with E-state index >= 15 is 0 Å². The van der Waals surface area contributed by atoms with Crippen molar-refractivity contribution >= 4 is 20.0 Å². The van der Waals surface area contributed by atoms with Gasteiger partial charge in [-0.25, -0.2) is 16.8 Å². The van der Waals surface area contributed by atoms with Gasteiger partial charge in [0.1, 0.15) is 20.0 Å². The Morgan fingerprint density at radius 1 is 0.800 bits per heavy atom. The fraction of sp³-hybridized carbons (Fsp3) is 0.750. The molecule has 0 aliphatic carbocycles. The highest BCUT2D eigenvalue weighted by Crippen LogP contribution is 2.42. The lowest BCUT2D eigenvalue weighted by molar-refractivity contribution is 0.601. The second kappa shape index (κ2) is 3.57. The molecule has 1 heterocycles. The average Bonchev–Trinajstić information content (AvgIpc) is 2.13. The standard InChI is InChI=1S/C8H14NO4S2/c1-5(2)7-8(6(3)4)15(12,13)9-14(7,10)11/h5-6H,1-4H3/q-1. The molecule has 0 bridgehead atoms. The van der Waals surface area contributed by atoms with Gasteiger partial charge < -0.3 is 4.13 Å². The number of rotatable bonds is 2. The molecule has 0 unspecified atom stereocenters. The van der Waals surface area contributed by atoms with Crippen molar-refractivity contribution in [2.45, 2.75) is 27.7 Å². The van der Waals surface area contributed by atoms with E-state index in [4.69, 9.17) is 0 Å². The minimum Gasteiger partial charge on any atom is -0.428 e. The number of nitrogens with zero attached hydrogens (tertiary/aromatic N) is 1. The fourth-order valence-electron chi connectivity index (χ4n) is 1.63. The van der Waals surface area contributed by atoms with Crippen LogP contribution in [-0.4, -0.2) is 16.8 Å². The maximum atomic E-state index is 11.5. The van der Waals surface area contributed by atoms with Gasteiger partial charge in [-0.05, 0) is 11.8 Å². The second-order valence-electron chi connectivity index (χ2n) is 4.06. The van der Waals surface area contributed by atoms with Gasteiger partial charge in [0.25, 0.3) is 0 Å². The van der Waals surface area contributed by atoms with Gasteiger partial charge in [0, 0.05) is 9.81 Å². The molecule has 0 saturated heterocycles. The van der Waals surface area contributed by atoms with E-state index in [9.17, 15) is 16.8 Å². The molecule has 1 rings (SSSR count). The van der Waals surface area contributed by atoms with Crippen molar-refractivity contribution in [3.63, 3.8) is 0 Å². The number of hydrogen-bond acceptors (Lipinski definition) is 4. The second-order valence-corrected chi connectivity index (χ2v) is 7.44. The quantitative estimate of drug-likeness (QED) is 0.746. The van der Waals surface area contributed by atoms with Gasteiger partial charge in [-0.15, -0.1) is 0 Å². The highest BCUT2D eigenvalue weighted by atomic mass is 32.3. The molecule has 0 atom stereocenters. The molecule has 0 radical (unpaired) electrons. The lowest BCUT2D eigenvalue weighted by Gasteiger charge is -2.12. The van der Waals surface area contributed by atoms with Crippen LogP contribution in [0.15, 0.2) is 9.81 Å². The van der Waals surface area contributed by atoms with Crippen LogP contribution in [0.2, 0.25) is 0 Å². The molecule has 0 fully saturated rings. The molecule has 0 aromatic carbocycles. The molecule has 5 nitrogen and oxygen atoms in total. The van der Waals surface area contributed by atoms with Crippen LogP contribution in [0, 0.1) is 11.8 Å². The average molecular weight is 252 g/mol. The molecular weight excluding hydrogens is 238 g/mol. The molecule has 0 saturated carbocycles. The largest absolute Gasteiger partial charge is 0.428 e. The third-order valence-corrected chi connectivity index (χ3v) is 6.24. The minimum atomic E-state index is -3.97. The van der Waals surface area contributed by atoms with Crippen LogP contribution < -0.4 is 0 Å². The first-order chi connectivity index (χ1) is 6.59. The van der Waals surface area contributed by atoms with Gasteiger partial charge in [0.05, 0.1) is 0 Å². The van der Waals surface area contributed by atoms with Crippen molar-refractivity contribution in [2.24, 2.45) is 11.8 Å². The smallest absolute Gasteiger partial charge is 0.109 e. The van der Waals surface area contributed by atoms with Crippen LogP contribution in [-0.2, 0) is 20.0 Å². The minimum absolute atomic E-state index is 0.0579. The molecule has 15 heavy (non-hydrogen) atoms. The molecule has 1 aliphatic rings. The highest BCUT2D eigenvalue weighted by Gasteiger charge is 2.33. The van der Waals surface area contributed by atoms with E-state index in [2.05, 4.69) is 4.13 Å². The molecule has 0 amide bonds. The molecule has 0 N–H and O–H groups in total. The number of allylic oxidation sites excluding steroid dienone is 2. The van der Waals surface area contributed by atoms with Gasteiger partial charge >= 0.3 is 0 Å². The normalized spacial score (nSPS) is 24.1. The van der Waals surface area contributed by atoms with Crippen molar-refractivity contribution in [1.29, 1.82) is 0 Å². The Hall–Kier alpha value is -0.400. The topological polar surface area (TPSA) is 82.4 Å². The number of hydrogen-bond donors (Lipinski definition) is 0. The van der Waals surface area contributed by atoms with E-state index in [1.807, 2.05) is 0 Å². The Balaban J connectivity index is 3.63. The van der Waals surface area contributed by atoms with Crippen LogP contribution in [0.4, 0.5) is 0 Å². The Morgan fingerprint density at radius 3 is 1.27 bits per heavy atom. The Bertz CT molecular complexity index is 451. The summed E-state index contributed by atoms with van der Waals surface area (Å²) in [5, 5.41) is 0. The lowest BCUT2D eigenvalue weighted by atomic mass is 10.1. The molecule has 1 aliphatic heterocycles. The van der Waals surface area contributed by atoms with E-state index in [-0.39, 0.29) is 21.6 Å². The molecular formula is C8H14NO4S2-. The first-order valence-corrected chi connectivity index (χ1v) is 7.46. The van der Waals surface area contributed by atoms with Crippen molar-refractivity contribution in [3.8, 4) is 0 Å². The van der Waals surface area contributed by atoms with Crippen molar-refractivity contribution < 1.29 is 16.8 Å². The van der Waals surface area contributed by atoms with Crippen molar-refractivity contribution in [2.75, 3.05) is 0 Å². The number of sulfonamides is 2. The molecule has 7 heteroatoms. The van der Waals surface area contributed by atoms with Crippen molar-refractivity contribution in [1.82, 2.24) is 0 Å². The zero-order valence-corrected chi connectivity index (χ0v) is 10.7.